The van der Waals surface area contributed by atoms with Crippen LogP contribution in [0.1, 0.15) is 19.3 Å². The van der Waals surface area contributed by atoms with Gasteiger partial charge in [-0.05, 0) is 49.9 Å². The lowest BCUT2D eigenvalue weighted by molar-refractivity contribution is -0.118. The number of halogens is 1. The molecule has 0 radical (unpaired) electrons. The van der Waals surface area contributed by atoms with Crippen LogP contribution in [0.25, 0.3) is 11.0 Å². The lowest BCUT2D eigenvalue weighted by atomic mass is 9.92. The number of para-hydroxylation sites is 2. The molecule has 112 valence electrons. The molecule has 1 aliphatic carbocycles. The van der Waals surface area contributed by atoms with E-state index in [1.165, 1.54) is 0 Å². The highest BCUT2D eigenvalue weighted by atomic mass is 35.5. The minimum absolute atomic E-state index is 0. The molecule has 1 unspecified atom stereocenters. The van der Waals surface area contributed by atoms with Crippen molar-refractivity contribution >= 4 is 35.3 Å². The second kappa shape index (κ2) is 5.31. The van der Waals surface area contributed by atoms with Gasteiger partial charge in [-0.2, -0.15) is 0 Å². The fourth-order valence-electron chi connectivity index (χ4n) is 3.41. The van der Waals surface area contributed by atoms with E-state index in [0.717, 1.165) is 43.4 Å². The van der Waals surface area contributed by atoms with Crippen LogP contribution >= 0.6 is 12.4 Å². The van der Waals surface area contributed by atoms with Crippen LogP contribution in [-0.2, 0) is 4.79 Å². The van der Waals surface area contributed by atoms with Gasteiger partial charge in [0.2, 0.25) is 11.9 Å². The maximum absolute atomic E-state index is 12.3. The summed E-state index contributed by atoms with van der Waals surface area (Å²) in [4.78, 5) is 19.9. The van der Waals surface area contributed by atoms with Crippen LogP contribution in [0.4, 0.5) is 5.95 Å². The van der Waals surface area contributed by atoms with Gasteiger partial charge in [-0.3, -0.25) is 10.1 Å². The first kappa shape index (κ1) is 14.4. The predicted octanol–water partition coefficient (Wildman–Crippen LogP) is 2.31. The van der Waals surface area contributed by atoms with Crippen molar-refractivity contribution < 1.29 is 4.79 Å². The van der Waals surface area contributed by atoms with E-state index < -0.39 is 0 Å². The van der Waals surface area contributed by atoms with Crippen molar-refractivity contribution in [3.05, 3.63) is 24.3 Å². The van der Waals surface area contributed by atoms with Crippen molar-refractivity contribution in [3.8, 4) is 0 Å². The van der Waals surface area contributed by atoms with Crippen molar-refractivity contribution in [2.45, 2.75) is 19.3 Å². The van der Waals surface area contributed by atoms with Crippen molar-refractivity contribution in [2.75, 3.05) is 18.4 Å². The van der Waals surface area contributed by atoms with Crippen LogP contribution < -0.4 is 10.6 Å². The molecule has 1 atom stereocenters. The Balaban J connectivity index is 0.00000132. The van der Waals surface area contributed by atoms with Crippen molar-refractivity contribution in [3.63, 3.8) is 0 Å². The highest BCUT2D eigenvalue weighted by Gasteiger charge is 2.57. The maximum atomic E-state index is 12.3. The molecular weight excluding hydrogens is 288 g/mol. The third-order valence-corrected chi connectivity index (χ3v) is 4.74. The number of rotatable bonds is 2. The molecule has 3 N–H and O–H groups in total. The number of piperidine rings is 1. The molecule has 1 aromatic carbocycles. The number of hydrogen-bond acceptors (Lipinski definition) is 3. The number of carbonyl (C=O) groups excluding carboxylic acids is 1. The average molecular weight is 307 g/mol. The topological polar surface area (TPSA) is 69.8 Å². The zero-order chi connectivity index (χ0) is 13.6. The molecule has 2 heterocycles. The number of amides is 1. The summed E-state index contributed by atoms with van der Waals surface area (Å²) in [7, 11) is 0. The summed E-state index contributed by atoms with van der Waals surface area (Å²) in [6, 6.07) is 7.80. The summed E-state index contributed by atoms with van der Waals surface area (Å²) >= 11 is 0. The number of H-pyrrole nitrogens is 1. The molecule has 5 nitrogen and oxygen atoms in total. The van der Waals surface area contributed by atoms with E-state index in [2.05, 4.69) is 20.6 Å². The van der Waals surface area contributed by atoms with Gasteiger partial charge in [0.25, 0.3) is 0 Å². The minimum Gasteiger partial charge on any atom is -0.324 e. The molecule has 1 aliphatic heterocycles. The Morgan fingerprint density at radius 1 is 1.29 bits per heavy atom. The van der Waals surface area contributed by atoms with Gasteiger partial charge in [0, 0.05) is 5.92 Å². The fraction of sp³-hybridized carbons (Fsp3) is 0.467. The average Bonchev–Trinajstić information content (AvgIpc) is 2.99. The van der Waals surface area contributed by atoms with Gasteiger partial charge in [0.1, 0.15) is 0 Å². The van der Waals surface area contributed by atoms with E-state index in [9.17, 15) is 4.79 Å². The van der Waals surface area contributed by atoms with Crippen LogP contribution in [0.5, 0.6) is 0 Å². The summed E-state index contributed by atoms with van der Waals surface area (Å²) in [6.07, 6.45) is 3.26. The number of anilines is 1. The van der Waals surface area contributed by atoms with E-state index in [1.807, 2.05) is 24.3 Å². The molecular formula is C15H19ClN4O. The van der Waals surface area contributed by atoms with E-state index in [-0.39, 0.29) is 29.6 Å². The van der Waals surface area contributed by atoms with E-state index in [0.29, 0.717) is 5.95 Å². The zero-order valence-electron chi connectivity index (χ0n) is 11.7. The number of fused-ring (bicyclic) bond motifs is 1. The molecule has 1 aromatic heterocycles. The quantitative estimate of drug-likeness (QED) is 0.797. The highest BCUT2D eigenvalue weighted by Crippen LogP contribution is 2.58. The number of nitrogens with zero attached hydrogens (tertiary/aromatic N) is 1. The largest absolute Gasteiger partial charge is 0.324 e. The Bertz CT molecular complexity index is 629. The highest BCUT2D eigenvalue weighted by molar-refractivity contribution is 5.95. The molecule has 21 heavy (non-hydrogen) atoms. The summed E-state index contributed by atoms with van der Waals surface area (Å²) in [5.74, 6) is 0.843. The van der Waals surface area contributed by atoms with Gasteiger partial charge >= 0.3 is 0 Å². The Kier molecular flexibility index (Phi) is 3.63. The SMILES string of the molecule is Cl.O=C(Nc1nc2ccccc2[nH]1)C1CC12CCNCC2. The van der Waals surface area contributed by atoms with Crippen molar-refractivity contribution in [2.24, 2.45) is 11.3 Å². The lowest BCUT2D eigenvalue weighted by Gasteiger charge is -2.22. The van der Waals surface area contributed by atoms with Crippen LogP contribution in [0.2, 0.25) is 0 Å². The molecule has 2 aromatic rings. The monoisotopic (exact) mass is 306 g/mol. The molecule has 1 saturated carbocycles. The smallest absolute Gasteiger partial charge is 0.230 e. The Morgan fingerprint density at radius 2 is 2.05 bits per heavy atom. The first-order chi connectivity index (χ1) is 9.77. The van der Waals surface area contributed by atoms with Gasteiger partial charge in [-0.25, -0.2) is 4.98 Å². The van der Waals surface area contributed by atoms with Crippen LogP contribution in [0, 0.1) is 11.3 Å². The van der Waals surface area contributed by atoms with Gasteiger partial charge in [0.15, 0.2) is 0 Å². The normalized spacial score (nSPS) is 22.8. The Labute approximate surface area is 129 Å². The first-order valence-electron chi connectivity index (χ1n) is 7.23. The van der Waals surface area contributed by atoms with Gasteiger partial charge in [0.05, 0.1) is 11.0 Å². The van der Waals surface area contributed by atoms with Gasteiger partial charge < -0.3 is 10.3 Å². The summed E-state index contributed by atoms with van der Waals surface area (Å²) in [5.41, 5.74) is 2.10. The predicted molar refractivity (Wildman–Crippen MR) is 84.6 cm³/mol. The minimum atomic E-state index is 0. The van der Waals surface area contributed by atoms with E-state index in [1.54, 1.807) is 0 Å². The molecule has 2 aliphatic rings. The van der Waals surface area contributed by atoms with Gasteiger partial charge in [-0.15, -0.1) is 12.4 Å². The second-order valence-corrected chi connectivity index (χ2v) is 5.96. The number of aromatic amines is 1. The standard InChI is InChI=1S/C15H18N4O.ClH/c20-13(10-9-15(10)5-7-16-8-6-15)19-14-17-11-3-1-2-4-12(11)18-14;/h1-4,10,16H,5-9H2,(H2,17,18,19,20);1H. The number of aromatic nitrogens is 2. The number of carbonyl (C=O) groups is 1. The third-order valence-electron chi connectivity index (χ3n) is 4.74. The number of imidazole rings is 1. The van der Waals surface area contributed by atoms with Crippen LogP contribution in [0.15, 0.2) is 24.3 Å². The zero-order valence-corrected chi connectivity index (χ0v) is 12.5. The van der Waals surface area contributed by atoms with Gasteiger partial charge in [-0.1, -0.05) is 12.1 Å². The summed E-state index contributed by atoms with van der Waals surface area (Å²) in [5, 5.41) is 6.30. The lowest BCUT2D eigenvalue weighted by Crippen LogP contribution is -2.31. The maximum Gasteiger partial charge on any atom is 0.230 e. The van der Waals surface area contributed by atoms with E-state index >= 15 is 0 Å². The molecule has 1 saturated heterocycles. The molecule has 6 heteroatoms. The summed E-state index contributed by atoms with van der Waals surface area (Å²) in [6.45, 7) is 2.07. The summed E-state index contributed by atoms with van der Waals surface area (Å²) < 4.78 is 0. The van der Waals surface area contributed by atoms with Crippen LogP contribution in [0.3, 0.4) is 0 Å². The Morgan fingerprint density at radius 3 is 2.81 bits per heavy atom. The molecule has 2 fully saturated rings. The molecule has 0 bridgehead atoms. The fourth-order valence-corrected chi connectivity index (χ4v) is 3.41. The molecule has 4 rings (SSSR count). The number of nitrogens with one attached hydrogen (secondary N) is 3. The first-order valence-corrected chi connectivity index (χ1v) is 7.23. The third kappa shape index (κ3) is 2.51. The van der Waals surface area contributed by atoms with Crippen molar-refractivity contribution in [1.29, 1.82) is 0 Å². The number of hydrogen-bond donors (Lipinski definition) is 3. The number of benzene rings is 1. The molecule has 1 spiro atoms. The second-order valence-electron chi connectivity index (χ2n) is 5.96. The Hall–Kier alpha value is -1.59. The molecule has 1 amide bonds. The van der Waals surface area contributed by atoms with E-state index in [4.69, 9.17) is 0 Å². The van der Waals surface area contributed by atoms with Crippen LogP contribution in [-0.4, -0.2) is 29.0 Å². The van der Waals surface area contributed by atoms with Crippen molar-refractivity contribution in [1.82, 2.24) is 15.3 Å².